The summed E-state index contributed by atoms with van der Waals surface area (Å²) < 4.78 is 19.2. The monoisotopic (exact) mass is 383 g/mol. The quantitative estimate of drug-likeness (QED) is 0.565. The van der Waals surface area contributed by atoms with Crippen LogP contribution in [0, 0.1) is 18.7 Å². The van der Waals surface area contributed by atoms with Crippen molar-refractivity contribution < 1.29 is 9.13 Å². The average molecular weight is 384 g/mol. The van der Waals surface area contributed by atoms with Crippen LogP contribution < -0.4 is 5.32 Å². The first kappa shape index (κ1) is 21.0. The molecule has 2 aromatic rings. The molecule has 3 heteroatoms. The molecule has 152 valence electrons. The van der Waals surface area contributed by atoms with Crippen LogP contribution >= 0.6 is 0 Å². The zero-order valence-corrected chi connectivity index (χ0v) is 17.5. The van der Waals surface area contributed by atoms with Crippen molar-refractivity contribution in [3.63, 3.8) is 0 Å². The molecule has 1 fully saturated rings. The molecule has 3 rings (SSSR count). The Morgan fingerprint density at radius 1 is 1.14 bits per heavy atom. The van der Waals surface area contributed by atoms with Crippen molar-refractivity contribution >= 4 is 0 Å². The van der Waals surface area contributed by atoms with Crippen LogP contribution in [0.15, 0.2) is 48.5 Å². The Bertz CT molecular complexity index is 727. The molecule has 0 amide bonds. The number of halogens is 1. The lowest BCUT2D eigenvalue weighted by molar-refractivity contribution is -0.0915. The highest BCUT2D eigenvalue weighted by Gasteiger charge is 2.35. The van der Waals surface area contributed by atoms with E-state index in [1.165, 1.54) is 23.3 Å². The van der Waals surface area contributed by atoms with Crippen LogP contribution in [0.4, 0.5) is 4.39 Å². The average Bonchev–Trinajstić information content (AvgIpc) is 2.70. The van der Waals surface area contributed by atoms with E-state index in [9.17, 15) is 4.39 Å². The zero-order valence-electron chi connectivity index (χ0n) is 17.5. The molecule has 1 aliphatic rings. The maximum atomic E-state index is 13.1. The largest absolute Gasteiger partial charge is 0.375 e. The standard InChI is InChI=1S/C25H34FNO/c1-4-25(3)17-22(14-16-28-25)24(21-9-5-19(2)6-10-21)13-15-27-18-20-7-11-23(26)12-8-20/h5-12,22,24,27H,4,13-18H2,1-3H3/t22-,24+,25+/m0/s1. The van der Waals surface area contributed by atoms with Gasteiger partial charge in [-0.1, -0.05) is 48.9 Å². The fourth-order valence-corrected chi connectivity index (χ4v) is 4.34. The Labute approximate surface area is 169 Å². The fourth-order valence-electron chi connectivity index (χ4n) is 4.34. The zero-order chi connectivity index (χ0) is 20.0. The first-order chi connectivity index (χ1) is 13.5. The predicted octanol–water partition coefficient (Wildman–Crippen LogP) is 5.99. The van der Waals surface area contributed by atoms with Gasteiger partial charge in [0.1, 0.15) is 5.82 Å². The van der Waals surface area contributed by atoms with Gasteiger partial charge in [-0.2, -0.15) is 0 Å². The first-order valence-corrected chi connectivity index (χ1v) is 10.6. The number of benzene rings is 2. The topological polar surface area (TPSA) is 21.3 Å². The summed E-state index contributed by atoms with van der Waals surface area (Å²) in [6.45, 7) is 9.23. The molecule has 0 spiro atoms. The first-order valence-electron chi connectivity index (χ1n) is 10.6. The molecule has 3 atom stereocenters. The van der Waals surface area contributed by atoms with E-state index in [-0.39, 0.29) is 11.4 Å². The molecular weight excluding hydrogens is 349 g/mol. The second-order valence-corrected chi connectivity index (χ2v) is 8.51. The van der Waals surface area contributed by atoms with E-state index in [1.807, 2.05) is 12.1 Å². The minimum Gasteiger partial charge on any atom is -0.375 e. The molecule has 0 aromatic heterocycles. The van der Waals surface area contributed by atoms with Crippen LogP contribution in [0.25, 0.3) is 0 Å². The predicted molar refractivity (Wildman–Crippen MR) is 114 cm³/mol. The number of nitrogens with one attached hydrogen (secondary N) is 1. The number of rotatable bonds is 8. The Morgan fingerprint density at radius 2 is 1.86 bits per heavy atom. The van der Waals surface area contributed by atoms with Crippen molar-refractivity contribution in [2.24, 2.45) is 5.92 Å². The molecule has 1 saturated heterocycles. The summed E-state index contributed by atoms with van der Waals surface area (Å²) in [5, 5.41) is 3.55. The Balaban J connectivity index is 1.64. The highest BCUT2D eigenvalue weighted by molar-refractivity contribution is 5.25. The molecule has 0 radical (unpaired) electrons. The van der Waals surface area contributed by atoms with Gasteiger partial charge in [-0.25, -0.2) is 4.39 Å². The second kappa shape index (κ2) is 9.67. The normalized spacial score (nSPS) is 23.5. The summed E-state index contributed by atoms with van der Waals surface area (Å²) in [5.41, 5.74) is 3.88. The second-order valence-electron chi connectivity index (χ2n) is 8.51. The van der Waals surface area contributed by atoms with Gasteiger partial charge in [0.25, 0.3) is 0 Å². The highest BCUT2D eigenvalue weighted by atomic mass is 19.1. The van der Waals surface area contributed by atoms with Crippen molar-refractivity contribution in [3.05, 3.63) is 71.0 Å². The molecule has 28 heavy (non-hydrogen) atoms. The number of aryl methyl sites for hydroxylation is 1. The lowest BCUT2D eigenvalue weighted by Gasteiger charge is -2.41. The smallest absolute Gasteiger partial charge is 0.123 e. The van der Waals surface area contributed by atoms with E-state index in [4.69, 9.17) is 4.74 Å². The number of hydrogen-bond acceptors (Lipinski definition) is 2. The van der Waals surface area contributed by atoms with Gasteiger partial charge >= 0.3 is 0 Å². The third kappa shape index (κ3) is 5.65. The minimum atomic E-state index is -0.179. The van der Waals surface area contributed by atoms with Crippen molar-refractivity contribution in [1.29, 1.82) is 0 Å². The lowest BCUT2D eigenvalue weighted by Crippen LogP contribution is -2.38. The summed E-state index contributed by atoms with van der Waals surface area (Å²) >= 11 is 0. The van der Waals surface area contributed by atoms with E-state index in [1.54, 1.807) is 0 Å². The molecule has 1 heterocycles. The summed E-state index contributed by atoms with van der Waals surface area (Å²) in [6, 6.07) is 15.8. The van der Waals surface area contributed by atoms with Crippen LogP contribution in [-0.2, 0) is 11.3 Å². The van der Waals surface area contributed by atoms with E-state index < -0.39 is 0 Å². The van der Waals surface area contributed by atoms with Gasteiger partial charge in [-0.05, 0) is 81.2 Å². The molecule has 2 nitrogen and oxygen atoms in total. The van der Waals surface area contributed by atoms with Crippen LogP contribution in [0.3, 0.4) is 0 Å². The van der Waals surface area contributed by atoms with Crippen LogP contribution in [0.2, 0.25) is 0 Å². The fraction of sp³-hybridized carbons (Fsp3) is 0.520. The highest BCUT2D eigenvalue weighted by Crippen LogP contribution is 2.41. The molecule has 2 aromatic carbocycles. The van der Waals surface area contributed by atoms with Gasteiger partial charge in [0.15, 0.2) is 0 Å². The summed E-state index contributed by atoms with van der Waals surface area (Å²) in [7, 11) is 0. The van der Waals surface area contributed by atoms with E-state index in [0.29, 0.717) is 11.8 Å². The molecular formula is C25H34FNO. The van der Waals surface area contributed by atoms with Crippen molar-refractivity contribution in [2.75, 3.05) is 13.2 Å². The summed E-state index contributed by atoms with van der Waals surface area (Å²) in [4.78, 5) is 0. The van der Waals surface area contributed by atoms with E-state index in [2.05, 4.69) is 50.4 Å². The van der Waals surface area contributed by atoms with E-state index in [0.717, 1.165) is 50.9 Å². The summed E-state index contributed by atoms with van der Waals surface area (Å²) in [6.07, 6.45) is 4.42. The molecule has 0 bridgehead atoms. The summed E-state index contributed by atoms with van der Waals surface area (Å²) in [5.74, 6) is 1.01. The van der Waals surface area contributed by atoms with Crippen molar-refractivity contribution in [2.45, 2.75) is 64.5 Å². The molecule has 0 aliphatic carbocycles. The van der Waals surface area contributed by atoms with Gasteiger partial charge in [-0.15, -0.1) is 0 Å². The molecule has 0 unspecified atom stereocenters. The third-order valence-electron chi connectivity index (χ3n) is 6.33. The minimum absolute atomic E-state index is 0.00735. The third-order valence-corrected chi connectivity index (χ3v) is 6.33. The Kier molecular flexibility index (Phi) is 7.25. The van der Waals surface area contributed by atoms with Gasteiger partial charge in [0.2, 0.25) is 0 Å². The number of ether oxygens (including phenoxy) is 1. The van der Waals surface area contributed by atoms with Gasteiger partial charge in [-0.3, -0.25) is 0 Å². The van der Waals surface area contributed by atoms with Gasteiger partial charge < -0.3 is 10.1 Å². The Hall–Kier alpha value is -1.71. The molecule has 0 saturated carbocycles. The maximum absolute atomic E-state index is 13.1. The Morgan fingerprint density at radius 3 is 2.54 bits per heavy atom. The maximum Gasteiger partial charge on any atom is 0.123 e. The van der Waals surface area contributed by atoms with Crippen LogP contribution in [0.1, 0.15) is 62.1 Å². The van der Waals surface area contributed by atoms with Crippen LogP contribution in [-0.4, -0.2) is 18.8 Å². The van der Waals surface area contributed by atoms with Gasteiger partial charge in [0, 0.05) is 13.2 Å². The van der Waals surface area contributed by atoms with Crippen molar-refractivity contribution in [1.82, 2.24) is 5.32 Å². The SMILES string of the molecule is CC[C@]1(C)C[C@@H]([C@H](CCNCc2ccc(F)cc2)c2ccc(C)cc2)CCO1. The van der Waals surface area contributed by atoms with Gasteiger partial charge in [0.05, 0.1) is 5.60 Å². The van der Waals surface area contributed by atoms with Crippen LogP contribution in [0.5, 0.6) is 0 Å². The molecule has 1 N–H and O–H groups in total. The van der Waals surface area contributed by atoms with Crippen molar-refractivity contribution in [3.8, 4) is 0 Å². The van der Waals surface area contributed by atoms with E-state index >= 15 is 0 Å². The molecule has 1 aliphatic heterocycles. The number of hydrogen-bond donors (Lipinski definition) is 1. The lowest BCUT2D eigenvalue weighted by atomic mass is 9.74.